The van der Waals surface area contributed by atoms with Gasteiger partial charge in [-0.15, -0.1) is 5.10 Å². The summed E-state index contributed by atoms with van der Waals surface area (Å²) in [5, 5.41) is 14.8. The molecule has 27 heavy (non-hydrogen) atoms. The van der Waals surface area contributed by atoms with Gasteiger partial charge in [-0.1, -0.05) is 11.6 Å². The number of benzene rings is 2. The SMILES string of the molecule is COc1cc(Cl)c(C)cc1Nc1cnnc(Nc2ccc(C(C)=O)cc2)n1. The number of ether oxygens (including phenoxy) is 1. The van der Waals surface area contributed by atoms with E-state index in [2.05, 4.69) is 25.8 Å². The second kappa shape index (κ2) is 8.01. The molecule has 1 aromatic heterocycles. The van der Waals surface area contributed by atoms with Crippen LogP contribution < -0.4 is 15.4 Å². The minimum atomic E-state index is 0.0119. The first-order valence-corrected chi connectivity index (χ1v) is 8.53. The van der Waals surface area contributed by atoms with Gasteiger partial charge in [0.2, 0.25) is 5.95 Å². The zero-order valence-electron chi connectivity index (χ0n) is 15.1. The lowest BCUT2D eigenvalue weighted by Gasteiger charge is -2.13. The number of nitrogens with zero attached hydrogens (tertiary/aromatic N) is 3. The summed E-state index contributed by atoms with van der Waals surface area (Å²) in [6.45, 7) is 3.43. The fourth-order valence-corrected chi connectivity index (χ4v) is 2.56. The summed E-state index contributed by atoms with van der Waals surface area (Å²) in [5.41, 5.74) is 3.02. The number of Topliss-reactive ketones (excluding diaryl/α,β-unsaturated/α-hetero) is 1. The molecule has 2 aromatic carbocycles. The Bertz CT molecular complexity index is 976. The van der Waals surface area contributed by atoms with Crippen molar-refractivity contribution in [1.29, 1.82) is 0 Å². The second-order valence-corrected chi connectivity index (χ2v) is 6.26. The number of ketones is 1. The normalized spacial score (nSPS) is 10.4. The summed E-state index contributed by atoms with van der Waals surface area (Å²) in [6, 6.07) is 10.7. The van der Waals surface area contributed by atoms with Gasteiger partial charge in [0.1, 0.15) is 5.75 Å². The van der Waals surface area contributed by atoms with Crippen LogP contribution in [0.5, 0.6) is 5.75 Å². The summed E-state index contributed by atoms with van der Waals surface area (Å²) < 4.78 is 5.36. The lowest BCUT2D eigenvalue weighted by molar-refractivity contribution is 0.101. The van der Waals surface area contributed by atoms with Gasteiger partial charge in [0.15, 0.2) is 11.6 Å². The van der Waals surface area contributed by atoms with E-state index in [4.69, 9.17) is 16.3 Å². The number of halogens is 1. The van der Waals surface area contributed by atoms with Crippen LogP contribution in [0.2, 0.25) is 5.02 Å². The molecule has 8 heteroatoms. The van der Waals surface area contributed by atoms with Crippen LogP contribution in [0.15, 0.2) is 42.6 Å². The van der Waals surface area contributed by atoms with E-state index in [1.807, 2.05) is 13.0 Å². The van der Waals surface area contributed by atoms with Crippen molar-refractivity contribution >= 4 is 40.5 Å². The molecule has 0 bridgehead atoms. The van der Waals surface area contributed by atoms with E-state index in [0.29, 0.717) is 28.1 Å². The Morgan fingerprint density at radius 2 is 1.89 bits per heavy atom. The van der Waals surface area contributed by atoms with Crippen molar-refractivity contribution in [1.82, 2.24) is 15.2 Å². The molecule has 0 aliphatic heterocycles. The van der Waals surface area contributed by atoms with Gasteiger partial charge in [0.05, 0.1) is 19.0 Å². The molecule has 0 saturated heterocycles. The van der Waals surface area contributed by atoms with Crippen molar-refractivity contribution in [3.05, 3.63) is 58.7 Å². The molecule has 0 aliphatic rings. The fourth-order valence-electron chi connectivity index (χ4n) is 2.40. The van der Waals surface area contributed by atoms with Gasteiger partial charge in [-0.3, -0.25) is 4.79 Å². The van der Waals surface area contributed by atoms with E-state index < -0.39 is 0 Å². The van der Waals surface area contributed by atoms with Gasteiger partial charge in [-0.05, 0) is 49.7 Å². The number of anilines is 4. The van der Waals surface area contributed by atoms with E-state index in [9.17, 15) is 4.79 Å². The number of hydrogen-bond acceptors (Lipinski definition) is 7. The van der Waals surface area contributed by atoms with Gasteiger partial charge in [0, 0.05) is 22.3 Å². The molecule has 0 unspecified atom stereocenters. The Morgan fingerprint density at radius 3 is 2.56 bits per heavy atom. The first kappa shape index (κ1) is 18.6. The van der Waals surface area contributed by atoms with Crippen LogP contribution >= 0.6 is 11.6 Å². The van der Waals surface area contributed by atoms with Gasteiger partial charge in [0.25, 0.3) is 0 Å². The van der Waals surface area contributed by atoms with Gasteiger partial charge >= 0.3 is 0 Å². The minimum absolute atomic E-state index is 0.0119. The van der Waals surface area contributed by atoms with Crippen molar-refractivity contribution in [3.8, 4) is 5.75 Å². The predicted molar refractivity (Wildman–Crippen MR) is 106 cm³/mol. The van der Waals surface area contributed by atoms with Crippen molar-refractivity contribution in [3.63, 3.8) is 0 Å². The van der Waals surface area contributed by atoms with Crippen molar-refractivity contribution in [2.45, 2.75) is 13.8 Å². The third-order valence-electron chi connectivity index (χ3n) is 3.85. The molecule has 138 valence electrons. The quantitative estimate of drug-likeness (QED) is 0.604. The molecule has 0 radical (unpaired) electrons. The number of nitrogens with one attached hydrogen (secondary N) is 2. The van der Waals surface area contributed by atoms with Gasteiger partial charge in [-0.25, -0.2) is 0 Å². The molecule has 0 amide bonds. The molecule has 0 saturated carbocycles. The van der Waals surface area contributed by atoms with Crippen LogP contribution in [-0.2, 0) is 0 Å². The molecular formula is C19H18ClN5O2. The smallest absolute Gasteiger partial charge is 0.249 e. The predicted octanol–water partition coefficient (Wildman–Crippen LogP) is 4.53. The number of carbonyl (C=O) groups excluding carboxylic acids is 1. The van der Waals surface area contributed by atoms with Gasteiger partial charge in [-0.2, -0.15) is 10.1 Å². The van der Waals surface area contributed by atoms with Crippen LogP contribution in [0.25, 0.3) is 0 Å². The Morgan fingerprint density at radius 1 is 1.15 bits per heavy atom. The number of methoxy groups -OCH3 is 1. The molecule has 0 fully saturated rings. The standard InChI is InChI=1S/C19H18ClN5O2/c1-11-8-16(17(27-3)9-15(11)20)23-18-10-21-25-19(24-18)22-14-6-4-13(5-7-14)12(2)26/h4-10H,1-3H3,(H2,22,23,24,25). The third-order valence-corrected chi connectivity index (χ3v) is 4.26. The first-order chi connectivity index (χ1) is 13.0. The Kier molecular flexibility index (Phi) is 5.52. The molecule has 3 rings (SSSR count). The first-order valence-electron chi connectivity index (χ1n) is 8.15. The number of hydrogen-bond donors (Lipinski definition) is 2. The van der Waals surface area contributed by atoms with E-state index in [1.54, 1.807) is 37.4 Å². The number of aromatic nitrogens is 3. The van der Waals surface area contributed by atoms with E-state index in [1.165, 1.54) is 13.1 Å². The minimum Gasteiger partial charge on any atom is -0.495 e. The molecule has 2 N–H and O–H groups in total. The zero-order chi connectivity index (χ0) is 19.4. The van der Waals surface area contributed by atoms with Crippen LogP contribution in [-0.4, -0.2) is 28.1 Å². The summed E-state index contributed by atoms with van der Waals surface area (Å²) in [5.74, 6) is 1.42. The molecule has 0 aliphatic carbocycles. The van der Waals surface area contributed by atoms with Crippen LogP contribution in [0.4, 0.5) is 23.1 Å². The molecule has 0 atom stereocenters. The van der Waals surface area contributed by atoms with Gasteiger partial charge < -0.3 is 15.4 Å². The van der Waals surface area contributed by atoms with Crippen LogP contribution in [0.1, 0.15) is 22.8 Å². The highest BCUT2D eigenvalue weighted by Crippen LogP contribution is 2.32. The average molecular weight is 384 g/mol. The summed E-state index contributed by atoms with van der Waals surface area (Å²) in [6.07, 6.45) is 1.51. The monoisotopic (exact) mass is 383 g/mol. The van der Waals surface area contributed by atoms with E-state index in [-0.39, 0.29) is 5.78 Å². The number of aryl methyl sites for hydroxylation is 1. The maximum Gasteiger partial charge on any atom is 0.249 e. The lowest BCUT2D eigenvalue weighted by atomic mass is 10.1. The van der Waals surface area contributed by atoms with E-state index in [0.717, 1.165) is 16.9 Å². The van der Waals surface area contributed by atoms with Crippen molar-refractivity contribution < 1.29 is 9.53 Å². The molecule has 3 aromatic rings. The third kappa shape index (κ3) is 4.51. The Hall–Kier alpha value is -3.19. The highest BCUT2D eigenvalue weighted by atomic mass is 35.5. The van der Waals surface area contributed by atoms with Crippen molar-refractivity contribution in [2.75, 3.05) is 17.7 Å². The second-order valence-electron chi connectivity index (χ2n) is 5.85. The maximum absolute atomic E-state index is 11.3. The average Bonchev–Trinajstić information content (AvgIpc) is 2.65. The summed E-state index contributed by atoms with van der Waals surface area (Å²) in [7, 11) is 1.57. The van der Waals surface area contributed by atoms with Crippen LogP contribution in [0, 0.1) is 6.92 Å². The Balaban J connectivity index is 1.80. The Labute approximate surface area is 161 Å². The summed E-state index contributed by atoms with van der Waals surface area (Å²) >= 11 is 6.14. The number of carbonyl (C=O) groups is 1. The lowest BCUT2D eigenvalue weighted by Crippen LogP contribution is -2.03. The zero-order valence-corrected chi connectivity index (χ0v) is 15.8. The summed E-state index contributed by atoms with van der Waals surface area (Å²) in [4.78, 5) is 15.7. The van der Waals surface area contributed by atoms with Crippen molar-refractivity contribution in [2.24, 2.45) is 0 Å². The van der Waals surface area contributed by atoms with Crippen LogP contribution in [0.3, 0.4) is 0 Å². The highest BCUT2D eigenvalue weighted by Gasteiger charge is 2.09. The maximum atomic E-state index is 11.3. The molecule has 7 nitrogen and oxygen atoms in total. The fraction of sp³-hybridized carbons (Fsp3) is 0.158. The number of rotatable bonds is 6. The molecule has 1 heterocycles. The molecular weight excluding hydrogens is 366 g/mol. The van der Waals surface area contributed by atoms with E-state index >= 15 is 0 Å². The molecule has 0 spiro atoms. The topological polar surface area (TPSA) is 89.0 Å². The highest BCUT2D eigenvalue weighted by molar-refractivity contribution is 6.31. The largest absolute Gasteiger partial charge is 0.495 e.